The molecule has 0 unspecified atom stereocenters. The van der Waals surface area contributed by atoms with Crippen LogP contribution in [0.4, 0.5) is 0 Å². The molecule has 3 N–H and O–H groups in total. The fourth-order valence-corrected chi connectivity index (χ4v) is 4.14. The van der Waals surface area contributed by atoms with Gasteiger partial charge in [-0.3, -0.25) is 4.79 Å². The lowest BCUT2D eigenvalue weighted by Crippen LogP contribution is -2.39. The lowest BCUT2D eigenvalue weighted by Gasteiger charge is -2.19. The van der Waals surface area contributed by atoms with Crippen molar-refractivity contribution in [2.75, 3.05) is 13.6 Å². The van der Waals surface area contributed by atoms with Crippen molar-refractivity contribution in [3.8, 4) is 0 Å². The van der Waals surface area contributed by atoms with Crippen molar-refractivity contribution in [1.82, 2.24) is 9.62 Å². The second-order valence-electron chi connectivity index (χ2n) is 6.48. The number of primary sulfonamides is 1. The standard InChI is InChI=1S/C18H23N3O5S2/c1-13-4-8-17(9-5-13)28(25,26)21(3)12-18(22)20-14(2)15-6-10-16(11-7-15)27(19,23)24/h4-11,14H,12H2,1-3H3,(H,20,22)(H2,19,23,24)/t14-/m0/s1. The number of hydrogen-bond donors (Lipinski definition) is 2. The van der Waals surface area contributed by atoms with Gasteiger partial charge in [-0.15, -0.1) is 0 Å². The van der Waals surface area contributed by atoms with E-state index < -0.39 is 32.0 Å². The Morgan fingerprint density at radius 2 is 1.50 bits per heavy atom. The molecule has 0 bridgehead atoms. The molecule has 0 aromatic heterocycles. The van der Waals surface area contributed by atoms with Crippen molar-refractivity contribution in [3.63, 3.8) is 0 Å². The van der Waals surface area contributed by atoms with Crippen LogP contribution in [0.1, 0.15) is 24.1 Å². The first-order valence-corrected chi connectivity index (χ1v) is 11.3. The average molecular weight is 426 g/mol. The molecule has 0 saturated carbocycles. The SMILES string of the molecule is Cc1ccc(S(=O)(=O)N(C)CC(=O)N[C@@H](C)c2ccc(S(N)(=O)=O)cc2)cc1. The molecule has 10 heteroatoms. The first-order valence-electron chi connectivity index (χ1n) is 8.36. The van der Waals surface area contributed by atoms with E-state index in [0.29, 0.717) is 5.56 Å². The topological polar surface area (TPSA) is 127 Å². The summed E-state index contributed by atoms with van der Waals surface area (Å²) in [6.45, 7) is 3.21. The van der Waals surface area contributed by atoms with Crippen LogP contribution in [0.2, 0.25) is 0 Å². The van der Waals surface area contributed by atoms with Gasteiger partial charge in [0.1, 0.15) is 0 Å². The maximum absolute atomic E-state index is 12.5. The predicted molar refractivity (Wildman–Crippen MR) is 105 cm³/mol. The van der Waals surface area contributed by atoms with E-state index in [1.54, 1.807) is 19.1 Å². The number of rotatable bonds is 7. The molecule has 0 aliphatic carbocycles. The van der Waals surface area contributed by atoms with Gasteiger partial charge in [0.05, 0.1) is 22.4 Å². The Hall–Kier alpha value is -2.27. The zero-order valence-electron chi connectivity index (χ0n) is 15.8. The number of aryl methyl sites for hydroxylation is 1. The maximum Gasteiger partial charge on any atom is 0.243 e. The fourth-order valence-electron chi connectivity index (χ4n) is 2.49. The van der Waals surface area contributed by atoms with Gasteiger partial charge < -0.3 is 5.32 Å². The number of amides is 1. The van der Waals surface area contributed by atoms with Gasteiger partial charge in [0, 0.05) is 7.05 Å². The first kappa shape index (κ1) is 22.0. The third-order valence-corrected chi connectivity index (χ3v) is 6.93. The van der Waals surface area contributed by atoms with Crippen molar-refractivity contribution in [2.45, 2.75) is 29.7 Å². The number of nitrogens with zero attached hydrogens (tertiary/aromatic N) is 1. The highest BCUT2D eigenvalue weighted by molar-refractivity contribution is 7.89. The van der Waals surface area contributed by atoms with Crippen LogP contribution < -0.4 is 10.5 Å². The minimum atomic E-state index is -3.79. The van der Waals surface area contributed by atoms with Crippen molar-refractivity contribution in [2.24, 2.45) is 5.14 Å². The van der Waals surface area contributed by atoms with Gasteiger partial charge in [-0.05, 0) is 43.7 Å². The van der Waals surface area contributed by atoms with Gasteiger partial charge in [-0.1, -0.05) is 29.8 Å². The second kappa shape index (κ2) is 8.39. The number of nitrogens with two attached hydrogens (primary N) is 1. The normalized spacial score (nSPS) is 13.3. The van der Waals surface area contributed by atoms with E-state index in [0.717, 1.165) is 9.87 Å². The molecular weight excluding hydrogens is 402 g/mol. The highest BCUT2D eigenvalue weighted by atomic mass is 32.2. The molecule has 0 saturated heterocycles. The summed E-state index contributed by atoms with van der Waals surface area (Å²) in [7, 11) is -6.24. The highest BCUT2D eigenvalue weighted by Crippen LogP contribution is 2.17. The molecule has 28 heavy (non-hydrogen) atoms. The van der Waals surface area contributed by atoms with E-state index >= 15 is 0 Å². The van der Waals surface area contributed by atoms with Crippen LogP contribution in [0.25, 0.3) is 0 Å². The Balaban J connectivity index is 2.03. The summed E-state index contributed by atoms with van der Waals surface area (Å²) in [4.78, 5) is 12.3. The number of carbonyl (C=O) groups excluding carboxylic acids is 1. The van der Waals surface area contributed by atoms with Crippen LogP contribution in [-0.2, 0) is 24.8 Å². The van der Waals surface area contributed by atoms with Crippen LogP contribution in [-0.4, -0.2) is 40.6 Å². The summed E-state index contributed by atoms with van der Waals surface area (Å²) >= 11 is 0. The minimum absolute atomic E-state index is 0.0290. The van der Waals surface area contributed by atoms with E-state index in [1.807, 2.05) is 6.92 Å². The Kier molecular flexibility index (Phi) is 6.60. The Labute approximate surface area is 165 Å². The van der Waals surface area contributed by atoms with Gasteiger partial charge >= 0.3 is 0 Å². The zero-order valence-corrected chi connectivity index (χ0v) is 17.4. The van der Waals surface area contributed by atoms with Crippen LogP contribution >= 0.6 is 0 Å². The average Bonchev–Trinajstić information content (AvgIpc) is 2.61. The van der Waals surface area contributed by atoms with Crippen molar-refractivity contribution in [3.05, 3.63) is 59.7 Å². The van der Waals surface area contributed by atoms with Gasteiger partial charge in [-0.2, -0.15) is 4.31 Å². The van der Waals surface area contributed by atoms with Crippen molar-refractivity contribution < 1.29 is 21.6 Å². The second-order valence-corrected chi connectivity index (χ2v) is 10.1. The first-order chi connectivity index (χ1) is 12.9. The molecular formula is C18H23N3O5S2. The number of likely N-dealkylation sites (N-methyl/N-ethyl adjacent to an activating group) is 1. The zero-order chi connectivity index (χ0) is 21.1. The van der Waals surface area contributed by atoms with Gasteiger partial charge in [0.25, 0.3) is 0 Å². The summed E-state index contributed by atoms with van der Waals surface area (Å²) in [5.41, 5.74) is 1.59. The van der Waals surface area contributed by atoms with E-state index in [-0.39, 0.29) is 16.3 Å². The van der Waals surface area contributed by atoms with Crippen molar-refractivity contribution in [1.29, 1.82) is 0 Å². The summed E-state index contributed by atoms with van der Waals surface area (Å²) in [6, 6.07) is 11.7. The number of nitrogens with one attached hydrogen (secondary N) is 1. The maximum atomic E-state index is 12.5. The van der Waals surface area contributed by atoms with E-state index in [9.17, 15) is 21.6 Å². The monoisotopic (exact) mass is 425 g/mol. The molecule has 0 aliphatic heterocycles. The Morgan fingerprint density at radius 1 is 1.00 bits per heavy atom. The summed E-state index contributed by atoms with van der Waals surface area (Å²) in [6.07, 6.45) is 0. The molecule has 0 aliphatic rings. The van der Waals surface area contributed by atoms with Crippen molar-refractivity contribution >= 4 is 26.0 Å². The molecule has 0 fully saturated rings. The molecule has 8 nitrogen and oxygen atoms in total. The summed E-state index contributed by atoms with van der Waals surface area (Å²) in [5.74, 6) is -0.485. The molecule has 152 valence electrons. The Bertz CT molecular complexity index is 1050. The number of hydrogen-bond acceptors (Lipinski definition) is 5. The molecule has 2 rings (SSSR count). The molecule has 0 radical (unpaired) electrons. The third kappa shape index (κ3) is 5.38. The minimum Gasteiger partial charge on any atom is -0.348 e. The predicted octanol–water partition coefficient (Wildman–Crippen LogP) is 1.14. The van der Waals surface area contributed by atoms with Crippen LogP contribution in [0.5, 0.6) is 0 Å². The summed E-state index contributed by atoms with van der Waals surface area (Å²) in [5, 5.41) is 7.75. The number of benzene rings is 2. The quantitative estimate of drug-likeness (QED) is 0.688. The molecule has 1 atom stereocenters. The third-order valence-electron chi connectivity index (χ3n) is 4.18. The molecule has 2 aromatic rings. The fraction of sp³-hybridized carbons (Fsp3) is 0.278. The van der Waals surface area contributed by atoms with E-state index in [1.165, 1.54) is 43.4 Å². The Morgan fingerprint density at radius 3 is 2.00 bits per heavy atom. The lowest BCUT2D eigenvalue weighted by molar-refractivity contribution is -0.121. The van der Waals surface area contributed by atoms with Crippen LogP contribution in [0.3, 0.4) is 0 Å². The molecule has 2 aromatic carbocycles. The molecule has 0 heterocycles. The number of carbonyl (C=O) groups is 1. The van der Waals surface area contributed by atoms with Crippen LogP contribution in [0.15, 0.2) is 58.3 Å². The molecule has 0 spiro atoms. The van der Waals surface area contributed by atoms with Crippen LogP contribution in [0, 0.1) is 6.92 Å². The van der Waals surface area contributed by atoms with E-state index in [4.69, 9.17) is 5.14 Å². The largest absolute Gasteiger partial charge is 0.348 e. The van der Waals surface area contributed by atoms with E-state index in [2.05, 4.69) is 5.32 Å². The van der Waals surface area contributed by atoms with Gasteiger partial charge in [0.2, 0.25) is 26.0 Å². The van der Waals surface area contributed by atoms with Gasteiger partial charge in [0.15, 0.2) is 0 Å². The summed E-state index contributed by atoms with van der Waals surface area (Å²) < 4.78 is 48.6. The number of sulfonamides is 2. The van der Waals surface area contributed by atoms with Gasteiger partial charge in [-0.25, -0.2) is 22.0 Å². The smallest absolute Gasteiger partial charge is 0.243 e. The lowest BCUT2D eigenvalue weighted by atomic mass is 10.1. The highest BCUT2D eigenvalue weighted by Gasteiger charge is 2.23. The molecule has 1 amide bonds.